The minimum Gasteiger partial charge on any atom is -0.456 e. The molecule has 322 valence electrons. The quantitative estimate of drug-likeness (QED) is 0.159. The summed E-state index contributed by atoms with van der Waals surface area (Å²) in [6, 6.07) is 80.6. The molecular formula is C63H38N4O2. The van der Waals surface area contributed by atoms with Crippen molar-refractivity contribution in [3.8, 4) is 73.2 Å². The zero-order valence-electron chi connectivity index (χ0n) is 37.0. The van der Waals surface area contributed by atoms with E-state index in [9.17, 15) is 0 Å². The average molecular weight is 883 g/mol. The predicted molar refractivity (Wildman–Crippen MR) is 281 cm³/mol. The van der Waals surface area contributed by atoms with Gasteiger partial charge >= 0.3 is 0 Å². The molecule has 0 atom stereocenters. The normalized spacial score (nSPS) is 11.8. The van der Waals surface area contributed by atoms with Crippen LogP contribution in [0.25, 0.3) is 139 Å². The van der Waals surface area contributed by atoms with E-state index in [4.69, 9.17) is 23.8 Å². The number of aromatic nitrogens is 4. The standard InChI is InChI=1S/C63H38N4O2/c1-4-14-39(15-5-1)41-24-26-43(27-25-41)62-64-61(42-18-8-3-9-19-42)65-63(66-62)46-28-31-49-52-35-45(30-33-58(52)69-59(49)36-46)50-38-60-53(48-21-11-13-23-57(48)68-60)37-56(50)67-54-22-12-10-20-47(54)51-34-44(29-32-55(51)67)40-16-6-2-7-17-40/h1-38H. The Labute approximate surface area is 396 Å². The van der Waals surface area contributed by atoms with E-state index in [0.717, 1.165) is 99.5 Å². The van der Waals surface area contributed by atoms with Gasteiger partial charge in [-0.05, 0) is 88.5 Å². The van der Waals surface area contributed by atoms with E-state index < -0.39 is 0 Å². The van der Waals surface area contributed by atoms with Gasteiger partial charge < -0.3 is 13.4 Å². The van der Waals surface area contributed by atoms with Gasteiger partial charge in [-0.3, -0.25) is 0 Å². The van der Waals surface area contributed by atoms with Crippen molar-refractivity contribution in [3.05, 3.63) is 231 Å². The third-order valence-electron chi connectivity index (χ3n) is 13.5. The minimum atomic E-state index is 0.569. The van der Waals surface area contributed by atoms with Crippen molar-refractivity contribution >= 4 is 65.7 Å². The lowest BCUT2D eigenvalue weighted by molar-refractivity contribution is 0.669. The summed E-state index contributed by atoms with van der Waals surface area (Å²) in [4.78, 5) is 15.1. The molecule has 0 aliphatic carbocycles. The molecule has 0 N–H and O–H groups in total. The number of hydrogen-bond donors (Lipinski definition) is 0. The Hall–Kier alpha value is -9.39. The van der Waals surface area contributed by atoms with Crippen molar-refractivity contribution in [1.29, 1.82) is 0 Å². The number of para-hydroxylation sites is 2. The fourth-order valence-corrected chi connectivity index (χ4v) is 10.1. The van der Waals surface area contributed by atoms with E-state index in [1.807, 2.05) is 48.5 Å². The molecule has 0 saturated heterocycles. The van der Waals surface area contributed by atoms with Crippen molar-refractivity contribution < 1.29 is 8.83 Å². The fraction of sp³-hybridized carbons (Fsp3) is 0. The molecule has 4 aromatic heterocycles. The van der Waals surface area contributed by atoms with Gasteiger partial charge in [-0.25, -0.2) is 15.0 Å². The van der Waals surface area contributed by atoms with Crippen molar-refractivity contribution in [2.75, 3.05) is 0 Å². The molecule has 14 rings (SSSR count). The summed E-state index contributed by atoms with van der Waals surface area (Å²) in [6.07, 6.45) is 0. The smallest absolute Gasteiger partial charge is 0.164 e. The number of fused-ring (bicyclic) bond motifs is 9. The highest BCUT2D eigenvalue weighted by atomic mass is 16.3. The summed E-state index contributed by atoms with van der Waals surface area (Å²) in [5.74, 6) is 1.78. The van der Waals surface area contributed by atoms with Gasteiger partial charge in [0.2, 0.25) is 0 Å². The molecule has 14 aromatic rings. The maximum atomic E-state index is 6.67. The van der Waals surface area contributed by atoms with Crippen LogP contribution in [-0.4, -0.2) is 19.5 Å². The molecule has 10 aromatic carbocycles. The molecule has 0 spiro atoms. The molecule has 69 heavy (non-hydrogen) atoms. The van der Waals surface area contributed by atoms with Crippen molar-refractivity contribution in [1.82, 2.24) is 19.5 Å². The van der Waals surface area contributed by atoms with Gasteiger partial charge in [0.1, 0.15) is 22.3 Å². The van der Waals surface area contributed by atoms with Crippen LogP contribution in [0.1, 0.15) is 0 Å². The summed E-state index contributed by atoms with van der Waals surface area (Å²) in [5, 5.41) is 6.56. The second kappa shape index (κ2) is 15.6. The Morgan fingerprint density at radius 2 is 0.725 bits per heavy atom. The summed E-state index contributed by atoms with van der Waals surface area (Å²) in [5.41, 5.74) is 16.0. The molecule has 0 bridgehead atoms. The lowest BCUT2D eigenvalue weighted by atomic mass is 9.98. The molecule has 0 saturated carbocycles. The SMILES string of the molecule is c1ccc(-c2ccc(-c3nc(-c4ccccc4)nc(-c4ccc5c(c4)oc4ccc(-c6cc7oc8ccccc8c7cc6-n6c7ccccc7c7cc(-c8ccccc8)ccc76)cc45)n3)cc2)cc1. The van der Waals surface area contributed by atoms with E-state index in [0.29, 0.717) is 17.5 Å². The molecule has 0 fully saturated rings. The van der Waals surface area contributed by atoms with Crippen LogP contribution in [0.15, 0.2) is 239 Å². The summed E-state index contributed by atoms with van der Waals surface area (Å²) >= 11 is 0. The molecule has 0 radical (unpaired) electrons. The first kappa shape index (κ1) is 38.8. The van der Waals surface area contributed by atoms with Gasteiger partial charge in [0.05, 0.1) is 16.7 Å². The second-order valence-electron chi connectivity index (χ2n) is 17.6. The average Bonchev–Trinajstić information content (AvgIpc) is 4.09. The van der Waals surface area contributed by atoms with Gasteiger partial charge in [0.15, 0.2) is 17.5 Å². The maximum absolute atomic E-state index is 6.67. The van der Waals surface area contributed by atoms with Gasteiger partial charge in [-0.1, -0.05) is 170 Å². The molecule has 0 aliphatic heterocycles. The molecule has 6 nitrogen and oxygen atoms in total. The summed E-state index contributed by atoms with van der Waals surface area (Å²) in [7, 11) is 0. The number of furan rings is 2. The van der Waals surface area contributed by atoms with E-state index in [2.05, 4.69) is 187 Å². The monoisotopic (exact) mass is 882 g/mol. The topological polar surface area (TPSA) is 69.9 Å². The Morgan fingerprint density at radius 3 is 1.46 bits per heavy atom. The minimum absolute atomic E-state index is 0.569. The molecule has 4 heterocycles. The number of benzene rings is 10. The van der Waals surface area contributed by atoms with Gasteiger partial charge in [-0.15, -0.1) is 0 Å². The highest BCUT2D eigenvalue weighted by Gasteiger charge is 2.21. The molecular weight excluding hydrogens is 845 g/mol. The lowest BCUT2D eigenvalue weighted by Crippen LogP contribution is -2.00. The molecule has 0 unspecified atom stereocenters. The molecule has 0 aliphatic rings. The highest BCUT2D eigenvalue weighted by Crippen LogP contribution is 2.43. The lowest BCUT2D eigenvalue weighted by Gasteiger charge is -2.15. The first-order valence-electron chi connectivity index (χ1n) is 23.2. The van der Waals surface area contributed by atoms with Crippen LogP contribution in [0, 0.1) is 0 Å². The van der Waals surface area contributed by atoms with Crippen LogP contribution in [0.3, 0.4) is 0 Å². The van der Waals surface area contributed by atoms with Gasteiger partial charge in [0, 0.05) is 54.6 Å². The van der Waals surface area contributed by atoms with Crippen molar-refractivity contribution in [2.45, 2.75) is 0 Å². The van der Waals surface area contributed by atoms with Crippen molar-refractivity contribution in [2.24, 2.45) is 0 Å². The number of nitrogens with zero attached hydrogens (tertiary/aromatic N) is 4. The highest BCUT2D eigenvalue weighted by molar-refractivity contribution is 6.14. The maximum Gasteiger partial charge on any atom is 0.164 e. The first-order valence-corrected chi connectivity index (χ1v) is 23.2. The fourth-order valence-electron chi connectivity index (χ4n) is 10.1. The zero-order chi connectivity index (χ0) is 45.4. The molecule has 6 heteroatoms. The first-order chi connectivity index (χ1) is 34.2. The Bertz CT molecular complexity index is 4290. The van der Waals surface area contributed by atoms with Crippen LogP contribution >= 0.6 is 0 Å². The predicted octanol–water partition coefficient (Wildman–Crippen LogP) is 16.8. The second-order valence-corrected chi connectivity index (χ2v) is 17.6. The summed E-state index contributed by atoms with van der Waals surface area (Å²) in [6.45, 7) is 0. The number of hydrogen-bond acceptors (Lipinski definition) is 5. The van der Waals surface area contributed by atoms with Crippen molar-refractivity contribution in [3.63, 3.8) is 0 Å². The molecule has 0 amide bonds. The largest absolute Gasteiger partial charge is 0.456 e. The Morgan fingerprint density at radius 1 is 0.261 bits per heavy atom. The third kappa shape index (κ3) is 6.53. The van der Waals surface area contributed by atoms with E-state index in [1.54, 1.807) is 0 Å². The van der Waals surface area contributed by atoms with Crippen LogP contribution in [0.4, 0.5) is 0 Å². The summed E-state index contributed by atoms with van der Waals surface area (Å²) < 4.78 is 15.7. The number of rotatable bonds is 7. The Balaban J connectivity index is 0.917. The van der Waals surface area contributed by atoms with Crippen LogP contribution in [0.5, 0.6) is 0 Å². The van der Waals surface area contributed by atoms with Gasteiger partial charge in [-0.2, -0.15) is 0 Å². The van der Waals surface area contributed by atoms with Gasteiger partial charge in [0.25, 0.3) is 0 Å². The van der Waals surface area contributed by atoms with E-state index >= 15 is 0 Å². The third-order valence-corrected chi connectivity index (χ3v) is 13.5. The zero-order valence-corrected chi connectivity index (χ0v) is 37.0. The van der Waals surface area contributed by atoms with Crippen LogP contribution in [0.2, 0.25) is 0 Å². The van der Waals surface area contributed by atoms with E-state index in [-0.39, 0.29) is 0 Å². The van der Waals surface area contributed by atoms with Crippen LogP contribution in [-0.2, 0) is 0 Å². The Kier molecular flexibility index (Phi) is 8.79. The van der Waals surface area contributed by atoms with Crippen LogP contribution < -0.4 is 0 Å². The van der Waals surface area contributed by atoms with E-state index in [1.165, 1.54) is 21.9 Å².